The van der Waals surface area contributed by atoms with Gasteiger partial charge in [-0.2, -0.15) is 0 Å². The van der Waals surface area contributed by atoms with Crippen molar-refractivity contribution in [2.75, 3.05) is 44.3 Å². The molecule has 0 spiro atoms. The van der Waals surface area contributed by atoms with Gasteiger partial charge in [-0.1, -0.05) is 0 Å². The summed E-state index contributed by atoms with van der Waals surface area (Å²) in [5.41, 5.74) is 1.18. The largest absolute Gasteiger partial charge is 0.371 e. The fourth-order valence-corrected chi connectivity index (χ4v) is 3.69. The van der Waals surface area contributed by atoms with Gasteiger partial charge in [-0.3, -0.25) is 10.1 Å². The molecule has 0 aromatic heterocycles. The van der Waals surface area contributed by atoms with Gasteiger partial charge in [0.05, 0.1) is 4.92 Å². The first-order valence-electron chi connectivity index (χ1n) is 7.43. The van der Waals surface area contributed by atoms with E-state index >= 15 is 0 Å². The van der Waals surface area contributed by atoms with Gasteiger partial charge < -0.3 is 9.80 Å². The Kier molecular flexibility index (Phi) is 4.05. The van der Waals surface area contributed by atoms with Crippen LogP contribution in [0.15, 0.2) is 24.3 Å². The normalized spacial score (nSPS) is 25.9. The van der Waals surface area contributed by atoms with Crippen molar-refractivity contribution in [3.8, 4) is 0 Å². The molecule has 0 amide bonds. The summed E-state index contributed by atoms with van der Waals surface area (Å²) in [5.74, 6) is 1.14. The Bertz CT molecular complexity index is 494. The van der Waals surface area contributed by atoms with Crippen molar-refractivity contribution in [2.24, 2.45) is 11.8 Å². The molecule has 21 heavy (non-hydrogen) atoms. The maximum absolute atomic E-state index is 12.5. The van der Waals surface area contributed by atoms with Crippen LogP contribution in [-0.4, -0.2) is 49.2 Å². The zero-order valence-corrected chi connectivity index (χ0v) is 11.9. The molecule has 2 fully saturated rings. The topological polar surface area (TPSA) is 49.6 Å². The Morgan fingerprint density at radius 3 is 2.29 bits per heavy atom. The molecule has 1 aromatic rings. The number of piperidine rings is 2. The van der Waals surface area contributed by atoms with E-state index in [0.717, 1.165) is 31.9 Å². The summed E-state index contributed by atoms with van der Waals surface area (Å²) in [7, 11) is 0. The Morgan fingerprint density at radius 1 is 1.14 bits per heavy atom. The Hall–Kier alpha value is -1.69. The summed E-state index contributed by atoms with van der Waals surface area (Å²) in [6, 6.07) is 6.79. The molecule has 6 heteroatoms. The van der Waals surface area contributed by atoms with Crippen molar-refractivity contribution in [3.63, 3.8) is 0 Å². The Labute approximate surface area is 123 Å². The van der Waals surface area contributed by atoms with E-state index in [1.165, 1.54) is 6.42 Å². The lowest BCUT2D eigenvalue weighted by Crippen LogP contribution is -2.53. The predicted molar refractivity (Wildman–Crippen MR) is 79.3 cm³/mol. The number of likely N-dealkylation sites (tertiary alicyclic amines) is 1. The highest BCUT2D eigenvalue weighted by atomic mass is 19.1. The molecule has 0 N–H and O–H groups in total. The smallest absolute Gasteiger partial charge is 0.269 e. The third kappa shape index (κ3) is 3.15. The van der Waals surface area contributed by atoms with Crippen LogP contribution >= 0.6 is 0 Å². The molecule has 114 valence electrons. The highest BCUT2D eigenvalue weighted by Gasteiger charge is 2.34. The van der Waals surface area contributed by atoms with Crippen LogP contribution in [0.2, 0.25) is 0 Å². The predicted octanol–water partition coefficient (Wildman–Crippen LogP) is 2.32. The monoisotopic (exact) mass is 293 g/mol. The highest BCUT2D eigenvalue weighted by Crippen LogP contribution is 2.32. The van der Waals surface area contributed by atoms with Gasteiger partial charge in [0.1, 0.15) is 6.67 Å². The lowest BCUT2D eigenvalue weighted by molar-refractivity contribution is -0.384. The summed E-state index contributed by atoms with van der Waals surface area (Å²) >= 11 is 0. The first-order valence-corrected chi connectivity index (χ1v) is 7.43. The molecular weight excluding hydrogens is 273 g/mol. The average Bonchev–Trinajstić information content (AvgIpc) is 2.46. The van der Waals surface area contributed by atoms with Crippen LogP contribution < -0.4 is 4.90 Å². The Balaban J connectivity index is 1.67. The highest BCUT2D eigenvalue weighted by molar-refractivity contribution is 5.51. The van der Waals surface area contributed by atoms with E-state index in [9.17, 15) is 14.5 Å². The third-order valence-electron chi connectivity index (χ3n) is 4.48. The SMILES string of the molecule is O=[N+]([O-])c1ccc(N2CC3CC(CN(CCF)C3)C2)cc1. The molecule has 2 unspecified atom stereocenters. The summed E-state index contributed by atoms with van der Waals surface area (Å²) in [4.78, 5) is 14.9. The van der Waals surface area contributed by atoms with Crippen molar-refractivity contribution >= 4 is 11.4 Å². The van der Waals surface area contributed by atoms with Gasteiger partial charge in [0.15, 0.2) is 0 Å². The maximum Gasteiger partial charge on any atom is 0.269 e. The summed E-state index contributed by atoms with van der Waals surface area (Å²) in [5, 5.41) is 10.7. The van der Waals surface area contributed by atoms with Crippen molar-refractivity contribution in [2.45, 2.75) is 6.42 Å². The first-order chi connectivity index (χ1) is 10.2. The number of hydrogen-bond donors (Lipinski definition) is 0. The maximum atomic E-state index is 12.5. The second kappa shape index (κ2) is 5.97. The van der Waals surface area contributed by atoms with E-state index < -0.39 is 0 Å². The van der Waals surface area contributed by atoms with Crippen LogP contribution in [0.4, 0.5) is 15.8 Å². The van der Waals surface area contributed by atoms with Crippen molar-refractivity contribution < 1.29 is 9.31 Å². The van der Waals surface area contributed by atoms with E-state index in [0.29, 0.717) is 18.4 Å². The minimum Gasteiger partial charge on any atom is -0.371 e. The summed E-state index contributed by atoms with van der Waals surface area (Å²) < 4.78 is 12.5. The van der Waals surface area contributed by atoms with Gasteiger partial charge in [0, 0.05) is 50.5 Å². The molecule has 2 bridgehead atoms. The molecule has 1 aromatic carbocycles. The van der Waals surface area contributed by atoms with Crippen LogP contribution in [0.1, 0.15) is 6.42 Å². The Morgan fingerprint density at radius 2 is 1.76 bits per heavy atom. The quantitative estimate of drug-likeness (QED) is 0.631. The van der Waals surface area contributed by atoms with Gasteiger partial charge in [-0.15, -0.1) is 0 Å². The number of nitrogens with zero attached hydrogens (tertiary/aromatic N) is 3. The standard InChI is InChI=1S/C15H20FN3O2/c16-5-6-17-8-12-7-13(9-17)11-18(10-12)14-1-3-15(4-2-14)19(20)21/h1-4,12-13H,5-11H2. The van der Waals surface area contributed by atoms with Gasteiger partial charge >= 0.3 is 0 Å². The van der Waals surface area contributed by atoms with E-state index in [1.807, 2.05) is 12.1 Å². The number of fused-ring (bicyclic) bond motifs is 2. The molecule has 3 rings (SSSR count). The molecule has 2 aliphatic heterocycles. The fourth-order valence-electron chi connectivity index (χ4n) is 3.69. The molecule has 0 saturated carbocycles. The minimum atomic E-state index is -0.371. The van der Waals surface area contributed by atoms with E-state index in [2.05, 4.69) is 9.80 Å². The lowest BCUT2D eigenvalue weighted by Gasteiger charge is -2.46. The second-order valence-electron chi connectivity index (χ2n) is 6.09. The van der Waals surface area contributed by atoms with Gasteiger partial charge in [0.25, 0.3) is 5.69 Å². The molecule has 2 heterocycles. The van der Waals surface area contributed by atoms with Crippen LogP contribution in [0.5, 0.6) is 0 Å². The molecular formula is C15H20FN3O2. The molecule has 0 aliphatic carbocycles. The number of non-ortho nitro benzene ring substituents is 1. The molecule has 5 nitrogen and oxygen atoms in total. The lowest BCUT2D eigenvalue weighted by atomic mass is 9.84. The van der Waals surface area contributed by atoms with Gasteiger partial charge in [-0.05, 0) is 30.4 Å². The van der Waals surface area contributed by atoms with Crippen LogP contribution in [0.3, 0.4) is 0 Å². The van der Waals surface area contributed by atoms with E-state index in [4.69, 9.17) is 0 Å². The number of anilines is 1. The number of rotatable bonds is 4. The fraction of sp³-hybridized carbons (Fsp3) is 0.600. The number of nitro groups is 1. The number of nitro benzene ring substituents is 1. The molecule has 2 saturated heterocycles. The first kappa shape index (κ1) is 14.3. The second-order valence-corrected chi connectivity index (χ2v) is 6.09. The molecule has 0 radical (unpaired) electrons. The van der Waals surface area contributed by atoms with Crippen LogP contribution in [0.25, 0.3) is 0 Å². The third-order valence-corrected chi connectivity index (χ3v) is 4.48. The molecule has 2 aliphatic rings. The number of halogens is 1. The van der Waals surface area contributed by atoms with Crippen molar-refractivity contribution in [1.82, 2.24) is 4.90 Å². The average molecular weight is 293 g/mol. The van der Waals surface area contributed by atoms with E-state index in [-0.39, 0.29) is 17.3 Å². The summed E-state index contributed by atoms with van der Waals surface area (Å²) in [6.07, 6.45) is 1.21. The minimum absolute atomic E-state index is 0.130. The number of hydrogen-bond acceptors (Lipinski definition) is 4. The van der Waals surface area contributed by atoms with E-state index in [1.54, 1.807) is 12.1 Å². The van der Waals surface area contributed by atoms with Gasteiger partial charge in [-0.25, -0.2) is 4.39 Å². The van der Waals surface area contributed by atoms with Crippen molar-refractivity contribution in [3.05, 3.63) is 34.4 Å². The molecule has 2 atom stereocenters. The zero-order valence-electron chi connectivity index (χ0n) is 11.9. The van der Waals surface area contributed by atoms with Crippen LogP contribution in [-0.2, 0) is 0 Å². The number of benzene rings is 1. The van der Waals surface area contributed by atoms with Gasteiger partial charge in [0.2, 0.25) is 0 Å². The van der Waals surface area contributed by atoms with Crippen molar-refractivity contribution in [1.29, 1.82) is 0 Å². The zero-order chi connectivity index (χ0) is 14.8. The van der Waals surface area contributed by atoms with Crippen LogP contribution in [0, 0.1) is 22.0 Å². The summed E-state index contributed by atoms with van der Waals surface area (Å²) in [6.45, 7) is 4.11. The number of alkyl halides is 1.